The molecule has 0 bridgehead atoms. The van der Waals surface area contributed by atoms with Gasteiger partial charge in [-0.2, -0.15) is 4.98 Å². The normalized spacial score (nSPS) is 15.6. The average molecular weight is 234 g/mol. The lowest BCUT2D eigenvalue weighted by Crippen LogP contribution is -2.21. The minimum Gasteiger partial charge on any atom is -0.368 e. The van der Waals surface area contributed by atoms with E-state index in [9.17, 15) is 0 Å². The van der Waals surface area contributed by atoms with E-state index in [4.69, 9.17) is 5.73 Å². The second-order valence-electron chi connectivity index (χ2n) is 4.32. The predicted octanol–water partition coefficient (Wildman–Crippen LogP) is 2.18. The number of nitrogens with zero attached hydrogens (tertiary/aromatic N) is 3. The van der Waals surface area contributed by atoms with Gasteiger partial charge in [-0.1, -0.05) is 0 Å². The Bertz CT molecular complexity index is 544. The number of anilines is 2. The zero-order chi connectivity index (χ0) is 11.3. The number of thiophene rings is 1. The highest BCUT2D eigenvalue weighted by Crippen LogP contribution is 2.35. The summed E-state index contributed by atoms with van der Waals surface area (Å²) >= 11 is 1.67. The van der Waals surface area contributed by atoms with E-state index in [2.05, 4.69) is 34.9 Å². The molecule has 2 aromatic heterocycles. The van der Waals surface area contributed by atoms with E-state index in [-0.39, 0.29) is 0 Å². The van der Waals surface area contributed by atoms with Gasteiger partial charge in [0.05, 0.1) is 5.39 Å². The Morgan fingerprint density at radius 2 is 2.19 bits per heavy atom. The number of nitrogens with two attached hydrogens (primary N) is 1. The van der Waals surface area contributed by atoms with Crippen LogP contribution >= 0.6 is 11.3 Å². The molecule has 0 amide bonds. The molecule has 0 unspecified atom stereocenters. The van der Waals surface area contributed by atoms with Gasteiger partial charge in [0, 0.05) is 18.0 Å². The summed E-state index contributed by atoms with van der Waals surface area (Å²) in [5.41, 5.74) is 5.75. The summed E-state index contributed by atoms with van der Waals surface area (Å²) in [6.45, 7) is 2.09. The van der Waals surface area contributed by atoms with E-state index < -0.39 is 0 Å². The molecule has 0 atom stereocenters. The molecule has 84 valence electrons. The van der Waals surface area contributed by atoms with Crippen LogP contribution in [0.15, 0.2) is 6.07 Å². The predicted molar refractivity (Wildman–Crippen MR) is 68.0 cm³/mol. The third kappa shape index (κ3) is 1.51. The van der Waals surface area contributed by atoms with Crippen LogP contribution in [0.5, 0.6) is 0 Å². The number of fused-ring (bicyclic) bond motifs is 1. The molecule has 1 fully saturated rings. The molecule has 3 rings (SSSR count). The van der Waals surface area contributed by atoms with Crippen LogP contribution in [0.3, 0.4) is 0 Å². The van der Waals surface area contributed by atoms with Crippen molar-refractivity contribution in [2.45, 2.75) is 25.8 Å². The van der Waals surface area contributed by atoms with Gasteiger partial charge in [0.2, 0.25) is 5.95 Å². The molecule has 5 heteroatoms. The number of hydrogen-bond acceptors (Lipinski definition) is 5. The summed E-state index contributed by atoms with van der Waals surface area (Å²) < 4.78 is 0. The van der Waals surface area contributed by atoms with Crippen molar-refractivity contribution in [2.75, 3.05) is 17.7 Å². The van der Waals surface area contributed by atoms with Gasteiger partial charge in [0.25, 0.3) is 0 Å². The fraction of sp³-hybridized carbons (Fsp3) is 0.455. The number of rotatable bonds is 2. The van der Waals surface area contributed by atoms with Crippen molar-refractivity contribution in [3.8, 4) is 0 Å². The van der Waals surface area contributed by atoms with Crippen LogP contribution in [-0.4, -0.2) is 23.1 Å². The summed E-state index contributed by atoms with van der Waals surface area (Å²) in [6.07, 6.45) is 2.51. The van der Waals surface area contributed by atoms with Gasteiger partial charge >= 0.3 is 0 Å². The van der Waals surface area contributed by atoms with E-state index in [1.807, 2.05) is 0 Å². The van der Waals surface area contributed by atoms with Gasteiger partial charge in [-0.3, -0.25) is 0 Å². The lowest BCUT2D eigenvalue weighted by atomic mass is 10.3. The van der Waals surface area contributed by atoms with Crippen molar-refractivity contribution < 1.29 is 0 Å². The maximum absolute atomic E-state index is 5.75. The number of nitrogen functional groups attached to an aromatic ring is 1. The topological polar surface area (TPSA) is 55.0 Å². The monoisotopic (exact) mass is 234 g/mol. The van der Waals surface area contributed by atoms with Gasteiger partial charge < -0.3 is 10.6 Å². The molecule has 1 aliphatic rings. The molecule has 2 N–H and O–H groups in total. The molecule has 0 radical (unpaired) electrons. The number of aromatic nitrogens is 2. The Morgan fingerprint density at radius 1 is 1.44 bits per heavy atom. The van der Waals surface area contributed by atoms with E-state index in [1.54, 1.807) is 11.3 Å². The van der Waals surface area contributed by atoms with Gasteiger partial charge in [-0.05, 0) is 25.8 Å². The highest BCUT2D eigenvalue weighted by Gasteiger charge is 2.28. The molecular weight excluding hydrogens is 220 g/mol. The van der Waals surface area contributed by atoms with Crippen LogP contribution in [0.4, 0.5) is 11.8 Å². The van der Waals surface area contributed by atoms with Crippen LogP contribution in [0.2, 0.25) is 0 Å². The molecule has 4 nitrogen and oxygen atoms in total. The second-order valence-corrected chi connectivity index (χ2v) is 5.56. The van der Waals surface area contributed by atoms with Crippen molar-refractivity contribution in [1.82, 2.24) is 9.97 Å². The molecule has 2 aromatic rings. The van der Waals surface area contributed by atoms with Crippen LogP contribution in [-0.2, 0) is 0 Å². The lowest BCUT2D eigenvalue weighted by Gasteiger charge is -2.18. The molecule has 16 heavy (non-hydrogen) atoms. The zero-order valence-corrected chi connectivity index (χ0v) is 10.2. The quantitative estimate of drug-likeness (QED) is 0.865. The third-order valence-electron chi connectivity index (χ3n) is 2.94. The molecule has 1 saturated carbocycles. The zero-order valence-electron chi connectivity index (χ0n) is 9.40. The SMILES string of the molecule is Cc1cc2c(N(C)C3CC3)nc(N)nc2s1. The molecular formula is C11H14N4S. The molecule has 2 heterocycles. The first-order valence-corrected chi connectivity index (χ1v) is 6.23. The first-order valence-electron chi connectivity index (χ1n) is 5.41. The summed E-state index contributed by atoms with van der Waals surface area (Å²) in [7, 11) is 2.09. The standard InChI is InChI=1S/C11H14N4S/c1-6-5-8-9(15(2)7-3-4-7)13-11(12)14-10(8)16-6/h5,7H,3-4H2,1-2H3,(H2,12,13,14). The Kier molecular flexibility index (Phi) is 2.04. The molecule has 0 spiro atoms. The minimum absolute atomic E-state index is 0.372. The molecule has 0 aliphatic heterocycles. The van der Waals surface area contributed by atoms with Crippen molar-refractivity contribution in [3.63, 3.8) is 0 Å². The van der Waals surface area contributed by atoms with E-state index >= 15 is 0 Å². The maximum Gasteiger partial charge on any atom is 0.223 e. The average Bonchev–Trinajstić information content (AvgIpc) is 2.99. The number of aryl methyl sites for hydroxylation is 1. The van der Waals surface area contributed by atoms with Gasteiger partial charge in [-0.15, -0.1) is 11.3 Å². The molecule has 1 aliphatic carbocycles. The van der Waals surface area contributed by atoms with Crippen LogP contribution in [0, 0.1) is 6.92 Å². The highest BCUT2D eigenvalue weighted by atomic mass is 32.1. The van der Waals surface area contributed by atoms with Crippen molar-refractivity contribution in [2.24, 2.45) is 0 Å². The van der Waals surface area contributed by atoms with Crippen LogP contribution in [0.1, 0.15) is 17.7 Å². The Hall–Kier alpha value is -1.36. The summed E-state index contributed by atoms with van der Waals surface area (Å²) in [5, 5.41) is 1.13. The second kappa shape index (κ2) is 3.31. The van der Waals surface area contributed by atoms with E-state index in [0.29, 0.717) is 12.0 Å². The smallest absolute Gasteiger partial charge is 0.223 e. The maximum atomic E-state index is 5.75. The van der Waals surface area contributed by atoms with Gasteiger partial charge in [0.1, 0.15) is 10.6 Å². The van der Waals surface area contributed by atoms with Gasteiger partial charge in [0.15, 0.2) is 0 Å². The lowest BCUT2D eigenvalue weighted by molar-refractivity contribution is 0.897. The summed E-state index contributed by atoms with van der Waals surface area (Å²) in [6, 6.07) is 2.78. The third-order valence-corrected chi connectivity index (χ3v) is 3.89. The Balaban J connectivity index is 2.20. The van der Waals surface area contributed by atoms with Crippen LogP contribution < -0.4 is 10.6 Å². The fourth-order valence-corrected chi connectivity index (χ4v) is 2.83. The minimum atomic E-state index is 0.372. The fourth-order valence-electron chi connectivity index (χ4n) is 1.95. The van der Waals surface area contributed by atoms with Crippen LogP contribution in [0.25, 0.3) is 10.2 Å². The highest BCUT2D eigenvalue weighted by molar-refractivity contribution is 7.18. The van der Waals surface area contributed by atoms with Gasteiger partial charge in [-0.25, -0.2) is 4.98 Å². The first-order chi connectivity index (χ1) is 7.65. The molecule has 0 aromatic carbocycles. The first kappa shape index (κ1) is 9.84. The van der Waals surface area contributed by atoms with E-state index in [1.165, 1.54) is 17.7 Å². The Labute approximate surface area is 98.1 Å². The molecule has 0 saturated heterocycles. The number of hydrogen-bond donors (Lipinski definition) is 1. The van der Waals surface area contributed by atoms with E-state index in [0.717, 1.165) is 16.0 Å². The Morgan fingerprint density at radius 3 is 2.88 bits per heavy atom. The van der Waals surface area contributed by atoms with Crippen molar-refractivity contribution >= 4 is 33.3 Å². The van der Waals surface area contributed by atoms with Crippen molar-refractivity contribution in [3.05, 3.63) is 10.9 Å². The largest absolute Gasteiger partial charge is 0.368 e. The van der Waals surface area contributed by atoms with Crippen molar-refractivity contribution in [1.29, 1.82) is 0 Å². The summed E-state index contributed by atoms with van der Waals surface area (Å²) in [4.78, 5) is 13.1. The summed E-state index contributed by atoms with van der Waals surface area (Å²) in [5.74, 6) is 1.35.